The van der Waals surface area contributed by atoms with Crippen molar-refractivity contribution in [1.29, 1.82) is 0 Å². The number of hydrogen-bond acceptors (Lipinski definition) is 3. The topological polar surface area (TPSA) is 55.4 Å². The number of nitrogens with zero attached hydrogens (tertiary/aromatic N) is 1. The molecule has 0 aliphatic heterocycles. The lowest BCUT2D eigenvalue weighted by Crippen LogP contribution is -2.13. The molecule has 0 saturated carbocycles. The molecule has 4 nitrogen and oxygen atoms in total. The van der Waals surface area contributed by atoms with Crippen LogP contribution in [-0.2, 0) is 6.54 Å². The molecule has 0 fully saturated rings. The minimum atomic E-state index is -0.126. The van der Waals surface area contributed by atoms with E-state index in [-0.39, 0.29) is 11.3 Å². The lowest BCUT2D eigenvalue weighted by atomic mass is 10.2. The quantitative estimate of drug-likeness (QED) is 0.838. The Hall–Kier alpha value is -1.71. The van der Waals surface area contributed by atoms with E-state index in [1.807, 2.05) is 0 Å². The molecule has 0 atom stereocenters. The summed E-state index contributed by atoms with van der Waals surface area (Å²) in [5, 5.41) is 9.75. The number of aromatic nitrogens is 1. The molecule has 0 saturated heterocycles. The van der Waals surface area contributed by atoms with Crippen LogP contribution in [0.4, 0.5) is 0 Å². The average Bonchev–Trinajstić information content (AvgIpc) is 2.52. The van der Waals surface area contributed by atoms with Crippen molar-refractivity contribution >= 4 is 11.0 Å². The van der Waals surface area contributed by atoms with Crippen molar-refractivity contribution in [2.45, 2.75) is 26.3 Å². The zero-order valence-corrected chi connectivity index (χ0v) is 8.56. The third-order valence-corrected chi connectivity index (χ3v) is 2.35. The van der Waals surface area contributed by atoms with Crippen LogP contribution in [0.2, 0.25) is 0 Å². The molecule has 2 aromatic rings. The molecule has 0 bridgehead atoms. The van der Waals surface area contributed by atoms with Crippen LogP contribution in [0, 0.1) is 0 Å². The Morgan fingerprint density at radius 3 is 3.00 bits per heavy atom. The molecule has 1 N–H and O–H groups in total. The first-order valence-corrected chi connectivity index (χ1v) is 5.05. The Balaban J connectivity index is 2.49. The van der Waals surface area contributed by atoms with E-state index in [9.17, 15) is 9.90 Å². The number of fused-ring (bicyclic) bond motifs is 1. The molecule has 0 amide bonds. The number of phenols is 1. The molecule has 0 spiro atoms. The fraction of sp³-hybridized carbons (Fsp3) is 0.364. The van der Waals surface area contributed by atoms with Gasteiger partial charge < -0.3 is 9.63 Å². The van der Waals surface area contributed by atoms with Crippen LogP contribution >= 0.6 is 0 Å². The van der Waals surface area contributed by atoms with Gasteiger partial charge in [-0.05, 0) is 18.6 Å². The smallest absolute Gasteiger partial charge is 0.290 e. The zero-order chi connectivity index (χ0) is 10.8. The van der Waals surface area contributed by atoms with Crippen molar-refractivity contribution in [3.8, 4) is 5.75 Å². The van der Waals surface area contributed by atoms with E-state index in [2.05, 4.69) is 6.92 Å². The first-order chi connectivity index (χ1) is 7.22. The molecule has 2 rings (SSSR count). The normalized spacial score (nSPS) is 11.0. The zero-order valence-electron chi connectivity index (χ0n) is 8.56. The second kappa shape index (κ2) is 3.81. The van der Waals surface area contributed by atoms with Crippen LogP contribution in [-0.4, -0.2) is 9.85 Å². The molecule has 15 heavy (non-hydrogen) atoms. The molecular weight excluding hydrogens is 194 g/mol. The summed E-state index contributed by atoms with van der Waals surface area (Å²) in [6.07, 6.45) is 1.92. The highest BCUT2D eigenvalue weighted by Crippen LogP contribution is 2.17. The van der Waals surface area contributed by atoms with E-state index >= 15 is 0 Å². The van der Waals surface area contributed by atoms with Gasteiger partial charge in [0.2, 0.25) is 0 Å². The van der Waals surface area contributed by atoms with Crippen LogP contribution in [0.3, 0.4) is 0 Å². The minimum Gasteiger partial charge on any atom is -0.508 e. The Morgan fingerprint density at radius 2 is 2.27 bits per heavy atom. The largest absolute Gasteiger partial charge is 0.508 e. The maximum absolute atomic E-state index is 11.7. The SMILES string of the molecule is CCCCn1oc2cc(O)ccc2c1=O. The average molecular weight is 207 g/mol. The molecule has 0 unspecified atom stereocenters. The molecule has 4 heteroatoms. The van der Waals surface area contributed by atoms with E-state index in [1.54, 1.807) is 6.07 Å². The van der Waals surface area contributed by atoms with Crippen molar-refractivity contribution < 1.29 is 9.63 Å². The first kappa shape index (κ1) is 9.83. The second-order valence-electron chi connectivity index (χ2n) is 3.53. The van der Waals surface area contributed by atoms with Crippen molar-refractivity contribution in [2.24, 2.45) is 0 Å². The predicted octanol–water partition coefficient (Wildman–Crippen LogP) is 2.10. The number of hydrogen-bond donors (Lipinski definition) is 1. The summed E-state index contributed by atoms with van der Waals surface area (Å²) in [6.45, 7) is 2.64. The number of aryl methyl sites for hydroxylation is 1. The Morgan fingerprint density at radius 1 is 1.47 bits per heavy atom. The van der Waals surface area contributed by atoms with E-state index < -0.39 is 0 Å². The van der Waals surface area contributed by atoms with Crippen molar-refractivity contribution in [3.63, 3.8) is 0 Å². The summed E-state index contributed by atoms with van der Waals surface area (Å²) in [6, 6.07) is 4.53. The Kier molecular flexibility index (Phi) is 2.49. The van der Waals surface area contributed by atoms with E-state index in [1.165, 1.54) is 16.9 Å². The highest BCUT2D eigenvalue weighted by atomic mass is 16.5. The lowest BCUT2D eigenvalue weighted by Gasteiger charge is -1.95. The summed E-state index contributed by atoms with van der Waals surface area (Å²) in [5.74, 6) is 0.110. The van der Waals surface area contributed by atoms with Crippen LogP contribution in [0.15, 0.2) is 27.5 Å². The van der Waals surface area contributed by atoms with Crippen molar-refractivity contribution in [1.82, 2.24) is 4.74 Å². The number of rotatable bonds is 3. The van der Waals surface area contributed by atoms with Crippen LogP contribution in [0.5, 0.6) is 5.75 Å². The molecule has 1 heterocycles. The Bertz CT molecular complexity index is 524. The molecule has 1 aromatic heterocycles. The van der Waals surface area contributed by atoms with Crippen LogP contribution in [0.1, 0.15) is 19.8 Å². The standard InChI is InChI=1S/C11H13NO3/c1-2-3-6-12-11(14)9-5-4-8(13)7-10(9)15-12/h4-5,7,13H,2-3,6H2,1H3. The molecule has 80 valence electrons. The van der Waals surface area contributed by atoms with Gasteiger partial charge in [-0.2, -0.15) is 4.74 Å². The van der Waals surface area contributed by atoms with E-state index in [0.717, 1.165) is 12.8 Å². The van der Waals surface area contributed by atoms with Gasteiger partial charge in [-0.25, -0.2) is 0 Å². The molecular formula is C11H13NO3. The molecule has 1 aromatic carbocycles. The maximum Gasteiger partial charge on any atom is 0.290 e. The highest BCUT2D eigenvalue weighted by Gasteiger charge is 2.08. The van der Waals surface area contributed by atoms with Crippen LogP contribution in [0.25, 0.3) is 11.0 Å². The van der Waals surface area contributed by atoms with Gasteiger partial charge in [-0.3, -0.25) is 4.79 Å². The lowest BCUT2D eigenvalue weighted by molar-refractivity contribution is 0.276. The fourth-order valence-electron chi connectivity index (χ4n) is 1.51. The summed E-state index contributed by atoms with van der Waals surface area (Å²) in [7, 11) is 0. The Labute approximate surface area is 86.7 Å². The van der Waals surface area contributed by atoms with Gasteiger partial charge in [0.05, 0.1) is 11.9 Å². The van der Waals surface area contributed by atoms with Crippen molar-refractivity contribution in [3.05, 3.63) is 28.6 Å². The fourth-order valence-corrected chi connectivity index (χ4v) is 1.51. The maximum atomic E-state index is 11.7. The van der Waals surface area contributed by atoms with E-state index in [4.69, 9.17) is 4.52 Å². The number of unbranched alkanes of at least 4 members (excludes halogenated alkanes) is 1. The van der Waals surface area contributed by atoms with Crippen molar-refractivity contribution in [2.75, 3.05) is 0 Å². The summed E-state index contributed by atoms with van der Waals surface area (Å²) in [4.78, 5) is 11.7. The molecule has 0 aliphatic rings. The van der Waals surface area contributed by atoms with Gasteiger partial charge >= 0.3 is 0 Å². The molecule has 0 aliphatic carbocycles. The number of phenolic OH excluding ortho intramolecular Hbond substituents is 1. The first-order valence-electron chi connectivity index (χ1n) is 5.05. The number of aromatic hydroxyl groups is 1. The van der Waals surface area contributed by atoms with E-state index in [0.29, 0.717) is 17.5 Å². The summed E-state index contributed by atoms with van der Waals surface area (Å²) >= 11 is 0. The van der Waals surface area contributed by atoms with Gasteiger partial charge in [0, 0.05) is 6.07 Å². The third-order valence-electron chi connectivity index (χ3n) is 2.35. The van der Waals surface area contributed by atoms with Gasteiger partial charge in [0.25, 0.3) is 5.56 Å². The highest BCUT2D eigenvalue weighted by molar-refractivity contribution is 5.77. The second-order valence-corrected chi connectivity index (χ2v) is 3.53. The number of benzene rings is 1. The van der Waals surface area contributed by atoms with Gasteiger partial charge in [0.15, 0.2) is 5.58 Å². The van der Waals surface area contributed by atoms with Gasteiger partial charge in [-0.1, -0.05) is 13.3 Å². The predicted molar refractivity (Wildman–Crippen MR) is 57.0 cm³/mol. The summed E-state index contributed by atoms with van der Waals surface area (Å²) < 4.78 is 6.67. The summed E-state index contributed by atoms with van der Waals surface area (Å²) in [5.41, 5.74) is 0.314. The monoisotopic (exact) mass is 207 g/mol. The van der Waals surface area contributed by atoms with Crippen LogP contribution < -0.4 is 5.56 Å². The third kappa shape index (κ3) is 1.75. The minimum absolute atomic E-state index is 0.110. The molecule has 0 radical (unpaired) electrons. The van der Waals surface area contributed by atoms with Gasteiger partial charge in [0.1, 0.15) is 5.75 Å². The van der Waals surface area contributed by atoms with Gasteiger partial charge in [-0.15, -0.1) is 0 Å².